The zero-order chi connectivity index (χ0) is 8.10. The van der Waals surface area contributed by atoms with Crippen molar-refractivity contribution in [3.05, 3.63) is 12.2 Å². The number of carboxylic acid groups (broad SMARTS) is 1. The van der Waals surface area contributed by atoms with E-state index < -0.39 is 5.97 Å². The van der Waals surface area contributed by atoms with Gasteiger partial charge in [0.1, 0.15) is 0 Å². The van der Waals surface area contributed by atoms with E-state index in [0.29, 0.717) is 5.92 Å². The van der Waals surface area contributed by atoms with Crippen LogP contribution in [0.1, 0.15) is 12.8 Å². The quantitative estimate of drug-likeness (QED) is 0.608. The topological polar surface area (TPSA) is 46.5 Å². The minimum Gasteiger partial charge on any atom is -0.478 e. The molecule has 0 atom stereocenters. The van der Waals surface area contributed by atoms with E-state index >= 15 is 0 Å². The van der Waals surface area contributed by atoms with Gasteiger partial charge in [0.25, 0.3) is 0 Å². The van der Waals surface area contributed by atoms with Crippen LogP contribution in [0.4, 0.5) is 0 Å². The summed E-state index contributed by atoms with van der Waals surface area (Å²) in [5.41, 5.74) is 0. The predicted octanol–water partition coefficient (Wildman–Crippen LogP) is 1.05. The van der Waals surface area contributed by atoms with Gasteiger partial charge in [-0.2, -0.15) is 0 Å². The molecule has 0 saturated carbocycles. The molecule has 0 aromatic rings. The second-order valence-corrected chi connectivity index (χ2v) is 2.65. The molecule has 1 N–H and O–H groups in total. The third kappa shape index (κ3) is 3.18. The van der Waals surface area contributed by atoms with E-state index in [1.807, 2.05) is 0 Å². The maximum absolute atomic E-state index is 10.1. The van der Waals surface area contributed by atoms with Crippen LogP contribution < -0.4 is 0 Å². The van der Waals surface area contributed by atoms with Crippen molar-refractivity contribution in [2.75, 3.05) is 13.2 Å². The van der Waals surface area contributed by atoms with E-state index in [1.165, 1.54) is 6.08 Å². The molecule has 0 aromatic heterocycles. The number of allylic oxidation sites excluding steroid dienone is 1. The van der Waals surface area contributed by atoms with Crippen LogP contribution in [0.5, 0.6) is 0 Å². The molecule has 0 amide bonds. The second-order valence-electron chi connectivity index (χ2n) is 2.65. The van der Waals surface area contributed by atoms with Gasteiger partial charge < -0.3 is 9.84 Å². The van der Waals surface area contributed by atoms with Crippen LogP contribution in [0.3, 0.4) is 0 Å². The van der Waals surface area contributed by atoms with Gasteiger partial charge in [-0.1, -0.05) is 6.08 Å². The lowest BCUT2D eigenvalue weighted by Crippen LogP contribution is -2.13. The van der Waals surface area contributed by atoms with E-state index in [4.69, 9.17) is 9.84 Å². The molecule has 62 valence electrons. The molecular formula is C8H12O3. The van der Waals surface area contributed by atoms with Crippen LogP contribution in [0.15, 0.2) is 12.2 Å². The van der Waals surface area contributed by atoms with Crippen LogP contribution in [0, 0.1) is 5.92 Å². The zero-order valence-corrected chi connectivity index (χ0v) is 6.32. The van der Waals surface area contributed by atoms with Crippen molar-refractivity contribution in [2.24, 2.45) is 5.92 Å². The molecule has 3 heteroatoms. The van der Waals surface area contributed by atoms with Gasteiger partial charge in [-0.25, -0.2) is 4.79 Å². The Bertz CT molecular complexity index is 157. The summed E-state index contributed by atoms with van der Waals surface area (Å²) in [6, 6.07) is 0. The Morgan fingerprint density at radius 3 is 2.64 bits per heavy atom. The molecule has 0 spiro atoms. The number of ether oxygens (including phenoxy) is 1. The molecule has 1 heterocycles. The number of carbonyl (C=O) groups is 1. The normalized spacial score (nSPS) is 20.7. The summed E-state index contributed by atoms with van der Waals surface area (Å²) in [7, 11) is 0. The van der Waals surface area contributed by atoms with E-state index in [2.05, 4.69) is 0 Å². The highest BCUT2D eigenvalue weighted by atomic mass is 16.5. The third-order valence-corrected chi connectivity index (χ3v) is 1.78. The maximum atomic E-state index is 10.1. The number of aliphatic carboxylic acids is 1. The minimum absolute atomic E-state index is 0.403. The summed E-state index contributed by atoms with van der Waals surface area (Å²) >= 11 is 0. The SMILES string of the molecule is O=C(O)/C=C\C1CCOCC1. The van der Waals surface area contributed by atoms with Crippen LogP contribution >= 0.6 is 0 Å². The Morgan fingerprint density at radius 2 is 2.09 bits per heavy atom. The van der Waals surface area contributed by atoms with Gasteiger partial charge in [-0.15, -0.1) is 0 Å². The van der Waals surface area contributed by atoms with Gasteiger partial charge in [0, 0.05) is 19.3 Å². The molecule has 11 heavy (non-hydrogen) atoms. The van der Waals surface area contributed by atoms with Crippen molar-refractivity contribution in [3.8, 4) is 0 Å². The van der Waals surface area contributed by atoms with Crippen LogP contribution in [-0.4, -0.2) is 24.3 Å². The van der Waals surface area contributed by atoms with Crippen LogP contribution in [0.2, 0.25) is 0 Å². The third-order valence-electron chi connectivity index (χ3n) is 1.78. The molecule has 3 nitrogen and oxygen atoms in total. The second kappa shape index (κ2) is 4.13. The molecule has 0 bridgehead atoms. The first-order valence-corrected chi connectivity index (χ1v) is 3.78. The van der Waals surface area contributed by atoms with Gasteiger partial charge in [-0.3, -0.25) is 0 Å². The number of hydrogen-bond donors (Lipinski definition) is 1. The molecule has 0 unspecified atom stereocenters. The molecule has 1 fully saturated rings. The van der Waals surface area contributed by atoms with Crippen molar-refractivity contribution < 1.29 is 14.6 Å². The van der Waals surface area contributed by atoms with E-state index in [0.717, 1.165) is 26.1 Å². The van der Waals surface area contributed by atoms with E-state index in [1.54, 1.807) is 6.08 Å². The molecule has 1 aliphatic rings. The molecule has 0 radical (unpaired) electrons. The largest absolute Gasteiger partial charge is 0.478 e. The van der Waals surface area contributed by atoms with Crippen molar-refractivity contribution in [1.29, 1.82) is 0 Å². The van der Waals surface area contributed by atoms with Gasteiger partial charge in [0.2, 0.25) is 0 Å². The van der Waals surface area contributed by atoms with Crippen LogP contribution in [-0.2, 0) is 9.53 Å². The van der Waals surface area contributed by atoms with E-state index in [-0.39, 0.29) is 0 Å². The summed E-state index contributed by atoms with van der Waals surface area (Å²) in [4.78, 5) is 10.1. The fourth-order valence-electron chi connectivity index (χ4n) is 1.13. The van der Waals surface area contributed by atoms with Gasteiger partial charge in [-0.05, 0) is 18.8 Å². The summed E-state index contributed by atoms with van der Waals surface area (Å²) in [6.45, 7) is 1.52. The van der Waals surface area contributed by atoms with Gasteiger partial charge >= 0.3 is 5.97 Å². The Hall–Kier alpha value is -0.830. The average Bonchev–Trinajstić information content (AvgIpc) is 2.03. The first-order chi connectivity index (χ1) is 5.29. The standard InChI is InChI=1S/C8H12O3/c9-8(10)2-1-7-3-5-11-6-4-7/h1-2,7H,3-6H2,(H,9,10)/b2-1-. The molecule has 1 saturated heterocycles. The zero-order valence-electron chi connectivity index (χ0n) is 6.32. The Labute approximate surface area is 65.7 Å². The lowest BCUT2D eigenvalue weighted by Gasteiger charge is -2.18. The highest BCUT2D eigenvalue weighted by Crippen LogP contribution is 2.15. The lowest BCUT2D eigenvalue weighted by molar-refractivity contribution is -0.131. The van der Waals surface area contributed by atoms with Gasteiger partial charge in [0.05, 0.1) is 0 Å². The molecular weight excluding hydrogens is 144 g/mol. The summed E-state index contributed by atoms with van der Waals surface area (Å²) in [5, 5.41) is 8.33. The average molecular weight is 156 g/mol. The Balaban J connectivity index is 2.29. The molecule has 0 aliphatic carbocycles. The highest BCUT2D eigenvalue weighted by Gasteiger charge is 2.10. The lowest BCUT2D eigenvalue weighted by atomic mass is 10.00. The first kappa shape index (κ1) is 8.27. The number of hydrogen-bond acceptors (Lipinski definition) is 2. The summed E-state index contributed by atoms with van der Waals surface area (Å²) in [5.74, 6) is -0.462. The highest BCUT2D eigenvalue weighted by molar-refractivity contribution is 5.79. The first-order valence-electron chi connectivity index (χ1n) is 3.78. The van der Waals surface area contributed by atoms with Crippen molar-refractivity contribution in [2.45, 2.75) is 12.8 Å². The molecule has 0 aromatic carbocycles. The molecule has 1 rings (SSSR count). The fraction of sp³-hybridized carbons (Fsp3) is 0.625. The monoisotopic (exact) mass is 156 g/mol. The Morgan fingerprint density at radius 1 is 1.45 bits per heavy atom. The molecule has 1 aliphatic heterocycles. The fourth-order valence-corrected chi connectivity index (χ4v) is 1.13. The maximum Gasteiger partial charge on any atom is 0.327 e. The number of rotatable bonds is 2. The predicted molar refractivity (Wildman–Crippen MR) is 40.3 cm³/mol. The van der Waals surface area contributed by atoms with E-state index in [9.17, 15) is 4.79 Å². The Kier molecular flexibility index (Phi) is 3.11. The smallest absolute Gasteiger partial charge is 0.327 e. The summed E-state index contributed by atoms with van der Waals surface area (Å²) in [6.07, 6.45) is 4.87. The van der Waals surface area contributed by atoms with Crippen molar-refractivity contribution >= 4 is 5.97 Å². The van der Waals surface area contributed by atoms with Crippen molar-refractivity contribution in [1.82, 2.24) is 0 Å². The summed E-state index contributed by atoms with van der Waals surface area (Å²) < 4.78 is 5.13. The number of carboxylic acids is 1. The van der Waals surface area contributed by atoms with Crippen molar-refractivity contribution in [3.63, 3.8) is 0 Å². The van der Waals surface area contributed by atoms with Crippen LogP contribution in [0.25, 0.3) is 0 Å². The minimum atomic E-state index is -0.864. The van der Waals surface area contributed by atoms with Gasteiger partial charge in [0.15, 0.2) is 0 Å².